The molecule has 3 heterocycles. The van der Waals surface area contributed by atoms with E-state index in [2.05, 4.69) is 18.0 Å². The monoisotopic (exact) mass is 333 g/mol. The third kappa shape index (κ3) is 2.44. The molecule has 2 N–H and O–H groups in total. The average Bonchev–Trinajstić information content (AvgIpc) is 3.07. The molecule has 22 heavy (non-hydrogen) atoms. The van der Waals surface area contributed by atoms with Crippen molar-refractivity contribution in [1.82, 2.24) is 9.88 Å². The number of anilines is 1. The van der Waals surface area contributed by atoms with Gasteiger partial charge in [-0.05, 0) is 36.8 Å². The van der Waals surface area contributed by atoms with Gasteiger partial charge < -0.3 is 10.6 Å². The molecule has 4 nitrogen and oxygen atoms in total. The predicted molar refractivity (Wildman–Crippen MR) is 90.5 cm³/mol. The van der Waals surface area contributed by atoms with Crippen molar-refractivity contribution in [3.63, 3.8) is 0 Å². The van der Waals surface area contributed by atoms with Crippen LogP contribution in [0.1, 0.15) is 44.0 Å². The summed E-state index contributed by atoms with van der Waals surface area (Å²) in [7, 11) is 0. The molecule has 1 aliphatic heterocycles. The summed E-state index contributed by atoms with van der Waals surface area (Å²) in [6, 6.07) is 2.13. The number of nitrogen functional groups attached to an aromatic ring is 1. The first-order valence-electron chi connectivity index (χ1n) is 7.75. The van der Waals surface area contributed by atoms with Crippen LogP contribution < -0.4 is 5.73 Å². The molecule has 0 saturated carbocycles. The molecule has 1 atom stereocenters. The lowest BCUT2D eigenvalue weighted by atomic mass is 9.90. The Morgan fingerprint density at radius 3 is 3.09 bits per heavy atom. The fraction of sp³-hybridized carbons (Fsp3) is 0.500. The van der Waals surface area contributed by atoms with Crippen LogP contribution in [0.25, 0.3) is 0 Å². The summed E-state index contributed by atoms with van der Waals surface area (Å²) in [4.78, 5) is 22.6. The van der Waals surface area contributed by atoms with Gasteiger partial charge in [0.1, 0.15) is 0 Å². The van der Waals surface area contributed by atoms with Crippen molar-refractivity contribution in [1.29, 1.82) is 0 Å². The molecule has 0 fully saturated rings. The van der Waals surface area contributed by atoms with Crippen LogP contribution in [-0.2, 0) is 25.8 Å². The van der Waals surface area contributed by atoms with E-state index >= 15 is 0 Å². The summed E-state index contributed by atoms with van der Waals surface area (Å²) in [5.74, 6) is 0.910. The lowest BCUT2D eigenvalue weighted by Crippen LogP contribution is -2.35. The Labute approximate surface area is 138 Å². The molecule has 4 rings (SSSR count). The second kappa shape index (κ2) is 5.35. The molecule has 1 amide bonds. The van der Waals surface area contributed by atoms with Gasteiger partial charge in [0.2, 0.25) is 0 Å². The van der Waals surface area contributed by atoms with Gasteiger partial charge in [0.25, 0.3) is 5.91 Å². The first-order valence-corrected chi connectivity index (χ1v) is 9.38. The first-order chi connectivity index (χ1) is 10.6. The highest BCUT2D eigenvalue weighted by atomic mass is 32.1. The van der Waals surface area contributed by atoms with Crippen LogP contribution in [0.4, 0.5) is 5.13 Å². The highest BCUT2D eigenvalue weighted by molar-refractivity contribution is 7.15. The van der Waals surface area contributed by atoms with Gasteiger partial charge >= 0.3 is 0 Å². The number of aromatic nitrogens is 1. The Morgan fingerprint density at radius 1 is 1.36 bits per heavy atom. The Kier molecular flexibility index (Phi) is 3.46. The normalized spacial score (nSPS) is 20.6. The van der Waals surface area contributed by atoms with Gasteiger partial charge in [-0.1, -0.05) is 6.92 Å². The van der Waals surface area contributed by atoms with Crippen LogP contribution in [-0.4, -0.2) is 22.3 Å². The second-order valence-corrected chi connectivity index (χ2v) is 8.56. The number of rotatable bonds is 1. The van der Waals surface area contributed by atoms with E-state index in [1.54, 1.807) is 11.3 Å². The maximum Gasteiger partial charge on any atom is 0.264 e. The van der Waals surface area contributed by atoms with Gasteiger partial charge in [-0.2, -0.15) is 0 Å². The fourth-order valence-corrected chi connectivity index (χ4v) is 5.43. The number of thiazole rings is 1. The maximum atomic E-state index is 12.8. The van der Waals surface area contributed by atoms with Gasteiger partial charge in [-0.25, -0.2) is 4.98 Å². The molecular weight excluding hydrogens is 314 g/mol. The van der Waals surface area contributed by atoms with Crippen molar-refractivity contribution in [2.75, 3.05) is 12.3 Å². The average molecular weight is 333 g/mol. The number of nitrogens with zero attached hydrogens (tertiary/aromatic N) is 2. The van der Waals surface area contributed by atoms with E-state index < -0.39 is 0 Å². The number of hydrogen-bond donors (Lipinski definition) is 1. The lowest BCUT2D eigenvalue weighted by Gasteiger charge is -2.25. The van der Waals surface area contributed by atoms with Crippen LogP contribution in [0.3, 0.4) is 0 Å². The van der Waals surface area contributed by atoms with E-state index in [0.29, 0.717) is 11.7 Å². The summed E-state index contributed by atoms with van der Waals surface area (Å²) in [5.41, 5.74) is 8.25. The van der Waals surface area contributed by atoms with Crippen LogP contribution in [0.2, 0.25) is 0 Å². The third-order valence-corrected chi connectivity index (χ3v) is 6.71. The topological polar surface area (TPSA) is 59.2 Å². The van der Waals surface area contributed by atoms with E-state index in [1.807, 2.05) is 4.90 Å². The second-order valence-electron chi connectivity index (χ2n) is 6.31. The summed E-state index contributed by atoms with van der Waals surface area (Å²) in [5, 5.41) is 0.611. The molecule has 2 aliphatic rings. The summed E-state index contributed by atoms with van der Waals surface area (Å²) >= 11 is 3.21. The Balaban J connectivity index is 1.55. The minimum Gasteiger partial charge on any atom is -0.375 e. The minimum absolute atomic E-state index is 0.171. The van der Waals surface area contributed by atoms with Crippen LogP contribution in [0.5, 0.6) is 0 Å². The number of hydrogen-bond acceptors (Lipinski definition) is 5. The van der Waals surface area contributed by atoms with Gasteiger partial charge in [0.05, 0.1) is 17.1 Å². The molecule has 0 saturated heterocycles. The largest absolute Gasteiger partial charge is 0.375 e. The number of amides is 1. The molecule has 116 valence electrons. The SMILES string of the molecule is C[C@H]1CCc2sc(C(=O)N3CCc4nc(N)sc4C3)cc2C1. The zero-order valence-corrected chi connectivity index (χ0v) is 14.2. The predicted octanol–water partition coefficient (Wildman–Crippen LogP) is 3.11. The van der Waals surface area contributed by atoms with E-state index in [4.69, 9.17) is 5.73 Å². The van der Waals surface area contributed by atoms with Crippen LogP contribution in [0.15, 0.2) is 6.07 Å². The van der Waals surface area contributed by atoms with Gasteiger partial charge in [-0.15, -0.1) is 22.7 Å². The molecule has 0 unspecified atom stereocenters. The quantitative estimate of drug-likeness (QED) is 0.872. The molecule has 0 bridgehead atoms. The number of fused-ring (bicyclic) bond motifs is 2. The van der Waals surface area contributed by atoms with Gasteiger partial charge in [0.15, 0.2) is 5.13 Å². The van der Waals surface area contributed by atoms with Crippen molar-refractivity contribution in [3.05, 3.63) is 32.0 Å². The lowest BCUT2D eigenvalue weighted by molar-refractivity contribution is 0.0741. The van der Waals surface area contributed by atoms with Crippen molar-refractivity contribution < 1.29 is 4.79 Å². The highest BCUT2D eigenvalue weighted by Gasteiger charge is 2.27. The third-order valence-electron chi connectivity index (χ3n) is 4.57. The van der Waals surface area contributed by atoms with Crippen molar-refractivity contribution in [2.24, 2.45) is 5.92 Å². The molecule has 2 aromatic rings. The molecule has 2 aromatic heterocycles. The van der Waals surface area contributed by atoms with Gasteiger partial charge in [-0.3, -0.25) is 4.79 Å². The van der Waals surface area contributed by atoms with Crippen molar-refractivity contribution in [3.8, 4) is 0 Å². The fourth-order valence-electron chi connectivity index (χ4n) is 3.36. The zero-order chi connectivity index (χ0) is 15.3. The zero-order valence-electron chi connectivity index (χ0n) is 12.6. The number of thiophene rings is 1. The molecule has 0 radical (unpaired) electrons. The van der Waals surface area contributed by atoms with E-state index in [-0.39, 0.29) is 5.91 Å². The van der Waals surface area contributed by atoms with Crippen LogP contribution in [0, 0.1) is 5.92 Å². The Morgan fingerprint density at radius 2 is 2.23 bits per heavy atom. The molecule has 1 aliphatic carbocycles. The first kappa shape index (κ1) is 14.2. The number of carbonyl (C=O) groups is 1. The van der Waals surface area contributed by atoms with Crippen LogP contribution >= 0.6 is 22.7 Å². The van der Waals surface area contributed by atoms with Crippen molar-refractivity contribution >= 4 is 33.7 Å². The standard InChI is InChI=1S/C16H19N3OS2/c1-9-2-3-12-10(6-9)7-13(21-12)15(20)19-5-4-11-14(8-19)22-16(17)18-11/h7,9H,2-6,8H2,1H3,(H2,17,18)/t9-/m0/s1. The number of nitrogens with two attached hydrogens (primary N) is 1. The number of aryl methyl sites for hydroxylation is 1. The Bertz CT molecular complexity index is 734. The maximum absolute atomic E-state index is 12.8. The summed E-state index contributed by atoms with van der Waals surface area (Å²) in [6.07, 6.45) is 4.31. The summed E-state index contributed by atoms with van der Waals surface area (Å²) < 4.78 is 0. The minimum atomic E-state index is 0.171. The van der Waals surface area contributed by atoms with E-state index in [1.165, 1.54) is 28.2 Å². The Hall–Kier alpha value is -1.40. The summed E-state index contributed by atoms with van der Waals surface area (Å²) in [6.45, 7) is 3.69. The smallest absolute Gasteiger partial charge is 0.264 e. The van der Waals surface area contributed by atoms with E-state index in [0.717, 1.165) is 47.2 Å². The number of carbonyl (C=O) groups excluding carboxylic acids is 1. The van der Waals surface area contributed by atoms with Crippen molar-refractivity contribution in [2.45, 2.75) is 39.2 Å². The highest BCUT2D eigenvalue weighted by Crippen LogP contribution is 2.34. The molecule has 0 aromatic carbocycles. The molecular formula is C16H19N3OS2. The van der Waals surface area contributed by atoms with E-state index in [9.17, 15) is 4.79 Å². The molecule has 6 heteroatoms. The molecule has 0 spiro atoms. The van der Waals surface area contributed by atoms with Gasteiger partial charge in [0, 0.05) is 22.7 Å².